The molecule has 0 amide bonds. The number of nitrogens with one attached hydrogen (secondary N) is 1. The predicted molar refractivity (Wildman–Crippen MR) is 62.2 cm³/mol. The van der Waals surface area contributed by atoms with Crippen LogP contribution < -0.4 is 5.32 Å². The van der Waals surface area contributed by atoms with Crippen LogP contribution in [0.3, 0.4) is 0 Å². The molecule has 0 unspecified atom stereocenters. The Hall–Kier alpha value is -0.610. The fourth-order valence-electron chi connectivity index (χ4n) is 2.64. The van der Waals surface area contributed by atoms with Gasteiger partial charge in [0.2, 0.25) is 0 Å². The van der Waals surface area contributed by atoms with E-state index in [-0.39, 0.29) is 5.97 Å². The lowest BCUT2D eigenvalue weighted by atomic mass is 9.82. The van der Waals surface area contributed by atoms with Gasteiger partial charge in [0.25, 0.3) is 0 Å². The van der Waals surface area contributed by atoms with Gasteiger partial charge in [0.15, 0.2) is 0 Å². The molecule has 4 nitrogen and oxygen atoms in total. The number of carbonyl (C=O) groups is 1. The first-order valence-corrected chi connectivity index (χ1v) is 6.32. The lowest BCUT2D eigenvalue weighted by Crippen LogP contribution is -2.51. The Kier molecular flexibility index (Phi) is 4.18. The summed E-state index contributed by atoms with van der Waals surface area (Å²) < 4.78 is 4.99. The Labute approximate surface area is 97.3 Å². The van der Waals surface area contributed by atoms with E-state index in [2.05, 4.69) is 10.2 Å². The van der Waals surface area contributed by atoms with Crippen molar-refractivity contribution in [3.63, 3.8) is 0 Å². The molecule has 1 atom stereocenters. The molecule has 2 fully saturated rings. The normalized spacial score (nSPS) is 27.4. The van der Waals surface area contributed by atoms with Crippen molar-refractivity contribution >= 4 is 5.97 Å². The highest BCUT2D eigenvalue weighted by Gasteiger charge is 2.30. The van der Waals surface area contributed by atoms with Crippen LogP contribution in [0.1, 0.15) is 19.8 Å². The van der Waals surface area contributed by atoms with E-state index in [0.29, 0.717) is 6.61 Å². The number of hydrogen-bond donors (Lipinski definition) is 1. The average Bonchev–Trinajstić information content (AvgIpc) is 2.15. The van der Waals surface area contributed by atoms with Gasteiger partial charge in [0.1, 0.15) is 6.61 Å². The molecule has 2 saturated heterocycles. The summed E-state index contributed by atoms with van der Waals surface area (Å²) in [6.45, 7) is 7.66. The lowest BCUT2D eigenvalue weighted by molar-refractivity contribution is -0.141. The topological polar surface area (TPSA) is 41.6 Å². The van der Waals surface area contributed by atoms with Crippen LogP contribution in [0.4, 0.5) is 0 Å². The molecule has 0 saturated carbocycles. The molecule has 0 aliphatic carbocycles. The van der Waals surface area contributed by atoms with Crippen molar-refractivity contribution in [1.82, 2.24) is 10.2 Å². The maximum absolute atomic E-state index is 10.7. The minimum Gasteiger partial charge on any atom is -0.465 e. The zero-order valence-electron chi connectivity index (χ0n) is 10.1. The first-order valence-electron chi connectivity index (χ1n) is 6.32. The number of carbonyl (C=O) groups excluding carboxylic acids is 1. The Balaban J connectivity index is 1.67. The van der Waals surface area contributed by atoms with Crippen LogP contribution in [-0.2, 0) is 9.53 Å². The number of hydrogen-bond acceptors (Lipinski definition) is 4. The van der Waals surface area contributed by atoms with Crippen molar-refractivity contribution in [2.45, 2.75) is 19.8 Å². The number of esters is 1. The van der Waals surface area contributed by atoms with Crippen molar-refractivity contribution in [2.75, 3.05) is 39.3 Å². The third kappa shape index (κ3) is 3.19. The maximum Gasteiger partial charge on any atom is 0.302 e. The van der Waals surface area contributed by atoms with Gasteiger partial charge in [-0.15, -0.1) is 0 Å². The molecule has 2 heterocycles. The second-order valence-electron chi connectivity index (χ2n) is 4.96. The van der Waals surface area contributed by atoms with Gasteiger partial charge in [-0.25, -0.2) is 0 Å². The standard InChI is InChI=1S/C12H22N2O2/c1-10(15)16-6-5-14-4-2-3-11(9-14)12-7-13-8-12/h11-13H,2-9H2,1H3/t11-/m0/s1. The fourth-order valence-corrected chi connectivity index (χ4v) is 2.64. The Bertz CT molecular complexity index is 241. The van der Waals surface area contributed by atoms with Crippen molar-refractivity contribution in [1.29, 1.82) is 0 Å². The fraction of sp³-hybridized carbons (Fsp3) is 0.917. The summed E-state index contributed by atoms with van der Waals surface area (Å²) in [4.78, 5) is 13.1. The number of likely N-dealkylation sites (tertiary alicyclic amines) is 1. The van der Waals surface area contributed by atoms with Crippen molar-refractivity contribution in [2.24, 2.45) is 11.8 Å². The molecule has 2 aliphatic heterocycles. The largest absolute Gasteiger partial charge is 0.465 e. The molecular formula is C12H22N2O2. The van der Waals surface area contributed by atoms with Gasteiger partial charge in [-0.1, -0.05) is 0 Å². The van der Waals surface area contributed by atoms with E-state index >= 15 is 0 Å². The van der Waals surface area contributed by atoms with Crippen LogP contribution in [0.5, 0.6) is 0 Å². The molecule has 0 aromatic carbocycles. The van der Waals surface area contributed by atoms with Crippen molar-refractivity contribution in [3.05, 3.63) is 0 Å². The van der Waals surface area contributed by atoms with E-state index in [1.54, 1.807) is 0 Å². The molecule has 2 aliphatic rings. The average molecular weight is 226 g/mol. The third-order valence-electron chi connectivity index (χ3n) is 3.73. The molecule has 4 heteroatoms. The molecule has 16 heavy (non-hydrogen) atoms. The molecule has 2 rings (SSSR count). The summed E-state index contributed by atoms with van der Waals surface area (Å²) in [6, 6.07) is 0. The summed E-state index contributed by atoms with van der Waals surface area (Å²) >= 11 is 0. The third-order valence-corrected chi connectivity index (χ3v) is 3.73. The van der Waals surface area contributed by atoms with Crippen LogP contribution in [0, 0.1) is 11.8 Å². The van der Waals surface area contributed by atoms with Gasteiger partial charge >= 0.3 is 5.97 Å². The van der Waals surface area contributed by atoms with E-state index < -0.39 is 0 Å². The molecular weight excluding hydrogens is 204 g/mol. The second-order valence-corrected chi connectivity index (χ2v) is 4.96. The highest BCUT2D eigenvalue weighted by Crippen LogP contribution is 2.26. The van der Waals surface area contributed by atoms with Crippen LogP contribution in [0.2, 0.25) is 0 Å². The van der Waals surface area contributed by atoms with Gasteiger partial charge in [-0.05, 0) is 44.3 Å². The van der Waals surface area contributed by atoms with Gasteiger partial charge < -0.3 is 10.1 Å². The van der Waals surface area contributed by atoms with Crippen LogP contribution in [-0.4, -0.2) is 50.2 Å². The molecule has 0 aromatic heterocycles. The maximum atomic E-state index is 10.7. The summed E-state index contributed by atoms with van der Waals surface area (Å²) in [5, 5.41) is 3.34. The van der Waals surface area contributed by atoms with Gasteiger partial charge in [0, 0.05) is 20.0 Å². The van der Waals surface area contributed by atoms with E-state index in [9.17, 15) is 4.79 Å². The van der Waals surface area contributed by atoms with Crippen LogP contribution in [0.25, 0.3) is 0 Å². The number of piperidine rings is 1. The monoisotopic (exact) mass is 226 g/mol. The molecule has 0 spiro atoms. The van der Waals surface area contributed by atoms with Crippen LogP contribution in [0.15, 0.2) is 0 Å². The highest BCUT2D eigenvalue weighted by atomic mass is 16.5. The van der Waals surface area contributed by atoms with Gasteiger partial charge in [0.05, 0.1) is 0 Å². The first-order chi connectivity index (χ1) is 7.75. The van der Waals surface area contributed by atoms with E-state index in [0.717, 1.165) is 24.9 Å². The number of nitrogens with zero attached hydrogens (tertiary/aromatic N) is 1. The lowest BCUT2D eigenvalue weighted by Gasteiger charge is -2.41. The second kappa shape index (κ2) is 5.64. The van der Waals surface area contributed by atoms with Crippen molar-refractivity contribution < 1.29 is 9.53 Å². The minimum absolute atomic E-state index is 0.170. The van der Waals surface area contributed by atoms with E-state index in [1.165, 1.54) is 39.4 Å². The molecule has 1 N–H and O–H groups in total. The zero-order chi connectivity index (χ0) is 11.4. The summed E-state index contributed by atoms with van der Waals surface area (Å²) in [6.07, 6.45) is 2.66. The first kappa shape index (κ1) is 11.9. The van der Waals surface area contributed by atoms with Gasteiger partial charge in [-0.3, -0.25) is 9.69 Å². The number of ether oxygens (including phenoxy) is 1. The van der Waals surface area contributed by atoms with Crippen molar-refractivity contribution in [3.8, 4) is 0 Å². The Morgan fingerprint density at radius 2 is 2.25 bits per heavy atom. The molecule has 0 radical (unpaired) electrons. The molecule has 0 bridgehead atoms. The zero-order valence-corrected chi connectivity index (χ0v) is 10.1. The number of rotatable bonds is 4. The van der Waals surface area contributed by atoms with Crippen LogP contribution >= 0.6 is 0 Å². The molecule has 0 aromatic rings. The predicted octanol–water partition coefficient (Wildman–Crippen LogP) is 0.481. The Morgan fingerprint density at radius 1 is 1.44 bits per heavy atom. The molecule has 92 valence electrons. The minimum atomic E-state index is -0.170. The highest BCUT2D eigenvalue weighted by molar-refractivity contribution is 5.65. The van der Waals surface area contributed by atoms with Gasteiger partial charge in [-0.2, -0.15) is 0 Å². The Morgan fingerprint density at radius 3 is 2.88 bits per heavy atom. The summed E-state index contributed by atoms with van der Waals surface area (Å²) in [5.41, 5.74) is 0. The summed E-state index contributed by atoms with van der Waals surface area (Å²) in [7, 11) is 0. The van der Waals surface area contributed by atoms with E-state index in [1.807, 2.05) is 0 Å². The SMILES string of the molecule is CC(=O)OCCN1CCC[C@H](C2CNC2)C1. The van der Waals surface area contributed by atoms with E-state index in [4.69, 9.17) is 4.74 Å². The summed E-state index contributed by atoms with van der Waals surface area (Å²) in [5.74, 6) is 1.57. The quantitative estimate of drug-likeness (QED) is 0.708. The smallest absolute Gasteiger partial charge is 0.302 e.